The molecule has 84 heavy (non-hydrogen) atoms. The zero-order valence-corrected chi connectivity index (χ0v) is 46.9. The van der Waals surface area contributed by atoms with Crippen molar-refractivity contribution in [2.24, 2.45) is 5.92 Å². The minimum absolute atomic E-state index is 0.0704. The summed E-state index contributed by atoms with van der Waals surface area (Å²) in [4.78, 5) is 96.0. The number of nitrogens with one attached hydrogen (secondary N) is 2. The van der Waals surface area contributed by atoms with Crippen LogP contribution in [0.1, 0.15) is 52.8 Å². The second-order valence-corrected chi connectivity index (χ2v) is 20.1. The van der Waals surface area contributed by atoms with E-state index < -0.39 is 48.8 Å². The zero-order valence-electron chi connectivity index (χ0n) is 46.2. The van der Waals surface area contributed by atoms with E-state index in [2.05, 4.69) is 15.5 Å². The van der Waals surface area contributed by atoms with Crippen molar-refractivity contribution < 1.29 is 82.1 Å². The fraction of sp³-hybridized carbons (Fsp3) is 0.367. The lowest BCUT2D eigenvalue weighted by atomic mass is 9.89. The van der Waals surface area contributed by atoms with Crippen LogP contribution in [0.25, 0.3) is 33.4 Å². The molecule has 0 unspecified atom stereocenters. The van der Waals surface area contributed by atoms with Crippen LogP contribution in [-0.4, -0.2) is 162 Å². The number of benzene rings is 5. The Morgan fingerprint density at radius 1 is 0.738 bits per heavy atom. The molecule has 444 valence electrons. The van der Waals surface area contributed by atoms with Gasteiger partial charge in [0.25, 0.3) is 5.91 Å². The van der Waals surface area contributed by atoms with Crippen molar-refractivity contribution >= 4 is 87.2 Å². The number of carbonyl (C=O) groups excluding carboxylic acids is 5. The number of likely N-dealkylation sites (N-methyl/N-ethyl adjacent to an activating group) is 1. The normalized spacial score (nSPS) is 13.3. The number of aromatic carboxylic acids is 1. The number of amides is 2. The van der Waals surface area contributed by atoms with E-state index in [-0.39, 0.29) is 78.8 Å². The largest absolute Gasteiger partial charge is 0.545 e. The maximum Gasteiger partial charge on any atom is 0.373 e. The molecule has 0 saturated carbocycles. The summed E-state index contributed by atoms with van der Waals surface area (Å²) in [6, 6.07) is 27.0. The summed E-state index contributed by atoms with van der Waals surface area (Å²) >= 11 is 5.74. The molecule has 2 saturated heterocycles. The highest BCUT2D eigenvalue weighted by atomic mass is 35.5. The zero-order chi connectivity index (χ0) is 60.1. The number of hydrogen-bond acceptors (Lipinski definition) is 17. The molecule has 24 heteroatoms. The Balaban J connectivity index is 0.00000330. The Kier molecular flexibility index (Phi) is 23.0. The molecule has 0 radical (unpaired) electrons. The van der Waals surface area contributed by atoms with E-state index in [1.165, 1.54) is 17.0 Å². The molecule has 0 aromatic heterocycles. The summed E-state index contributed by atoms with van der Waals surface area (Å²) in [6.45, 7) is 2.73. The minimum atomic E-state index is -1.41. The van der Waals surface area contributed by atoms with Crippen LogP contribution in [-0.2, 0) is 38.2 Å². The van der Waals surface area contributed by atoms with Gasteiger partial charge in [0, 0.05) is 96.4 Å². The van der Waals surface area contributed by atoms with Crippen molar-refractivity contribution in [1.29, 1.82) is 0 Å². The van der Waals surface area contributed by atoms with Gasteiger partial charge in [0.05, 0.1) is 43.2 Å². The van der Waals surface area contributed by atoms with Gasteiger partial charge in [0.1, 0.15) is 55.7 Å². The third-order valence-electron chi connectivity index (χ3n) is 13.8. The first-order chi connectivity index (χ1) is 40.6. The van der Waals surface area contributed by atoms with Gasteiger partial charge in [-0.05, 0) is 79.4 Å². The van der Waals surface area contributed by atoms with E-state index in [0.29, 0.717) is 78.0 Å². The minimum Gasteiger partial charge on any atom is -0.545 e. The Labute approximate surface area is 487 Å². The van der Waals surface area contributed by atoms with Gasteiger partial charge < -0.3 is 73.9 Å². The number of aliphatic carboxylic acids is 3. The maximum absolute atomic E-state index is 13.8. The van der Waals surface area contributed by atoms with Gasteiger partial charge in [-0.3, -0.25) is 24.0 Å². The molecule has 4 aromatic rings. The lowest BCUT2D eigenvalue weighted by molar-refractivity contribution is -0.255. The quantitative estimate of drug-likeness (QED) is 0.0170. The Hall–Kier alpha value is -9.02. The summed E-state index contributed by atoms with van der Waals surface area (Å²) < 4.78 is 32.0. The number of carbonyl (C=O) groups is 6. The van der Waals surface area contributed by atoms with Crippen molar-refractivity contribution in [3.63, 3.8) is 0 Å². The Morgan fingerprint density at radius 2 is 1.43 bits per heavy atom. The van der Waals surface area contributed by atoms with E-state index in [1.54, 1.807) is 55.6 Å². The van der Waals surface area contributed by atoms with Crippen molar-refractivity contribution in [3.8, 4) is 33.9 Å². The number of halogens is 1. The summed E-state index contributed by atoms with van der Waals surface area (Å²) in [6.07, 6.45) is 5.39. The van der Waals surface area contributed by atoms with Gasteiger partial charge >= 0.3 is 24.1 Å². The van der Waals surface area contributed by atoms with Gasteiger partial charge in [-0.25, -0.2) is 4.58 Å². The summed E-state index contributed by atoms with van der Waals surface area (Å²) in [5.74, 6) is -4.50. The maximum atomic E-state index is 13.8. The number of anilines is 4. The first-order valence-electron chi connectivity index (χ1n) is 27.2. The van der Waals surface area contributed by atoms with Crippen molar-refractivity contribution in [2.75, 3.05) is 125 Å². The number of carboxylic acid groups (broad SMARTS) is 4. The standard InChI is InChI=1S/C59H65ClN6O15.CO2/c1-63(35-53(67)68)47-18-12-40(30-52(47)80-28-27-79-49-10-5-4-9-48(49)66(36-54(69)70)37-55(71)72)62-58(74)39-33-65(34-39)42-14-17-45-51(32-42)81-50-31-41(64-21-8-22-64)13-16-44(50)56(45)46-29-38(11-15-43(46)59(75)76)57(73)61-20-24-78-26-25-77-23-7-3-2-6-19-60;2-1-3/h4-5,9-18,29-32,39H,2-3,6-8,19-28,33-37H2,1H3,(H5-,61,62,67,68,69,70,71,72,73,74,75,76);. The predicted octanol–water partition coefficient (Wildman–Crippen LogP) is 4.75. The van der Waals surface area contributed by atoms with Gasteiger partial charge in [-0.1, -0.05) is 31.0 Å². The second-order valence-electron chi connectivity index (χ2n) is 19.7. The third kappa shape index (κ3) is 17.0. The molecule has 23 nitrogen and oxygen atoms in total. The SMILES string of the molecule is CN(CC(=O)O)c1ccc(NC(=O)C2C[N+](=c3ccc4c(-c5cc(C(=O)NCCOCCOCCCCCCCl)ccc5C(=O)[O-])c5ccc(N6CCC6)cc5oc-4c3)C2)cc1OCCOc1ccccc1N(CC(=O)O)CC(=O)O.O=C=O. The average Bonchev–Trinajstić information content (AvgIpc) is 1.09. The van der Waals surface area contributed by atoms with E-state index >= 15 is 0 Å². The molecule has 2 amide bonds. The number of alkyl halides is 1. The molecular weight excluding hydrogens is 1110 g/mol. The molecule has 0 atom stereocenters. The van der Waals surface area contributed by atoms with E-state index in [0.717, 1.165) is 61.1 Å². The molecule has 3 aliphatic heterocycles. The van der Waals surface area contributed by atoms with Crippen LogP contribution >= 0.6 is 11.6 Å². The first kappa shape index (κ1) is 62.6. The molecule has 0 bridgehead atoms. The topological polar surface area (TPSA) is 307 Å². The van der Waals surface area contributed by atoms with Gasteiger partial charge in [0.15, 0.2) is 19.0 Å². The van der Waals surface area contributed by atoms with Crippen LogP contribution in [0, 0.1) is 5.92 Å². The summed E-state index contributed by atoms with van der Waals surface area (Å²) in [7, 11) is 1.58. The number of para-hydroxylation sites is 2. The summed E-state index contributed by atoms with van der Waals surface area (Å²) in [5, 5.41) is 48.4. The molecule has 0 spiro atoms. The molecule has 4 aliphatic rings. The fourth-order valence-electron chi connectivity index (χ4n) is 9.62. The first-order valence-corrected chi connectivity index (χ1v) is 27.7. The number of carboxylic acids is 4. The highest BCUT2D eigenvalue weighted by Crippen LogP contribution is 2.43. The molecule has 8 rings (SSSR count). The predicted molar refractivity (Wildman–Crippen MR) is 307 cm³/mol. The average molecular weight is 1180 g/mol. The number of hydrogen-bond donors (Lipinski definition) is 5. The third-order valence-corrected chi connectivity index (χ3v) is 14.1. The highest BCUT2D eigenvalue weighted by molar-refractivity contribution is 6.17. The van der Waals surface area contributed by atoms with Crippen molar-refractivity contribution in [1.82, 2.24) is 9.89 Å². The van der Waals surface area contributed by atoms with Gasteiger partial charge in [-0.15, -0.1) is 11.6 Å². The Morgan fingerprint density at radius 3 is 2.11 bits per heavy atom. The second kappa shape index (κ2) is 30.9. The van der Waals surface area contributed by atoms with Crippen LogP contribution in [0.3, 0.4) is 0 Å². The molecule has 3 heterocycles. The number of ether oxygens (including phenoxy) is 4. The number of nitrogens with zero attached hydrogens (tertiary/aromatic N) is 4. The molecular formula is C60H65ClN6O17. The number of unbranched alkanes of at least 4 members (excludes halogenated alkanes) is 3. The van der Waals surface area contributed by atoms with Gasteiger partial charge in [-0.2, -0.15) is 9.59 Å². The van der Waals surface area contributed by atoms with Crippen LogP contribution in [0.15, 0.2) is 101 Å². The van der Waals surface area contributed by atoms with Crippen LogP contribution in [0.2, 0.25) is 0 Å². The van der Waals surface area contributed by atoms with Crippen LogP contribution in [0.4, 0.5) is 22.7 Å². The van der Waals surface area contributed by atoms with Crippen molar-refractivity contribution in [3.05, 3.63) is 114 Å². The molecule has 1 aliphatic carbocycles. The van der Waals surface area contributed by atoms with Crippen LogP contribution < -0.4 is 49.8 Å². The van der Waals surface area contributed by atoms with Crippen molar-refractivity contribution in [2.45, 2.75) is 32.1 Å². The van der Waals surface area contributed by atoms with E-state index in [4.69, 9.17) is 44.6 Å². The molecule has 2 fully saturated rings. The smallest absolute Gasteiger partial charge is 0.373 e. The monoisotopic (exact) mass is 1180 g/mol. The highest BCUT2D eigenvalue weighted by Gasteiger charge is 2.38. The number of rotatable bonds is 31. The molecule has 4 aromatic carbocycles. The number of fused-ring (bicyclic) bond motifs is 2. The van der Waals surface area contributed by atoms with E-state index in [9.17, 15) is 49.2 Å². The van der Waals surface area contributed by atoms with Crippen LogP contribution in [0.5, 0.6) is 11.5 Å². The Bertz CT molecular complexity index is 3370. The van der Waals surface area contributed by atoms with E-state index in [1.807, 2.05) is 41.0 Å². The fourth-order valence-corrected chi connectivity index (χ4v) is 9.80. The van der Waals surface area contributed by atoms with Gasteiger partial charge in [0.2, 0.25) is 11.3 Å². The summed E-state index contributed by atoms with van der Waals surface area (Å²) in [5.41, 5.74) is 4.06. The lowest BCUT2D eigenvalue weighted by Crippen LogP contribution is -2.53. The lowest BCUT2D eigenvalue weighted by Gasteiger charge is -2.33. The molecule has 5 N–H and O–H groups in total.